The van der Waals surface area contributed by atoms with Gasteiger partial charge in [-0.2, -0.15) is 0 Å². The van der Waals surface area contributed by atoms with E-state index in [0.717, 1.165) is 15.4 Å². The van der Waals surface area contributed by atoms with Gasteiger partial charge in [-0.15, -0.1) is 0 Å². The molecule has 3 aromatic rings. The van der Waals surface area contributed by atoms with Gasteiger partial charge in [-0.25, -0.2) is 8.42 Å². The Morgan fingerprint density at radius 1 is 0.933 bits per heavy atom. The number of anilines is 1. The molecule has 3 rings (SSSR count). The Morgan fingerprint density at radius 3 is 2.33 bits per heavy atom. The quantitative estimate of drug-likeness (QED) is 0.553. The van der Waals surface area contributed by atoms with Crippen molar-refractivity contribution in [2.24, 2.45) is 0 Å². The van der Waals surface area contributed by atoms with Crippen LogP contribution in [0, 0.1) is 6.92 Å². The highest BCUT2D eigenvalue weighted by atomic mass is 35.5. The predicted octanol–water partition coefficient (Wildman–Crippen LogP) is 4.75. The molecule has 0 aliphatic rings. The van der Waals surface area contributed by atoms with Gasteiger partial charge in [0.1, 0.15) is 0 Å². The molecule has 0 saturated carbocycles. The van der Waals surface area contributed by atoms with Gasteiger partial charge < -0.3 is 4.90 Å². The summed E-state index contributed by atoms with van der Waals surface area (Å²) in [6, 6.07) is 20.5. The molecule has 0 unspecified atom stereocenters. The van der Waals surface area contributed by atoms with E-state index in [0.29, 0.717) is 22.8 Å². The Morgan fingerprint density at radius 2 is 1.63 bits per heavy atom. The predicted molar refractivity (Wildman–Crippen MR) is 120 cm³/mol. The van der Waals surface area contributed by atoms with Crippen LogP contribution in [-0.2, 0) is 16.6 Å². The summed E-state index contributed by atoms with van der Waals surface area (Å²) in [6.07, 6.45) is 0. The third-order valence-electron chi connectivity index (χ3n) is 4.93. The first kappa shape index (κ1) is 21.9. The molecule has 5 nitrogen and oxygen atoms in total. The SMILES string of the molecule is Cc1ccccc1CN(C)C(=O)c1cccc(S(=O)(=O)N(C)c2cccc(Cl)c2)c1. The largest absolute Gasteiger partial charge is 0.337 e. The molecule has 7 heteroatoms. The summed E-state index contributed by atoms with van der Waals surface area (Å²) < 4.78 is 27.3. The van der Waals surface area contributed by atoms with Crippen molar-refractivity contribution in [1.82, 2.24) is 4.90 Å². The van der Waals surface area contributed by atoms with E-state index >= 15 is 0 Å². The fraction of sp³-hybridized carbons (Fsp3) is 0.174. The van der Waals surface area contributed by atoms with E-state index in [1.807, 2.05) is 31.2 Å². The van der Waals surface area contributed by atoms with Crippen LogP contribution in [0.5, 0.6) is 0 Å². The fourth-order valence-corrected chi connectivity index (χ4v) is 4.51. The van der Waals surface area contributed by atoms with Crippen molar-refractivity contribution in [1.29, 1.82) is 0 Å². The van der Waals surface area contributed by atoms with E-state index in [9.17, 15) is 13.2 Å². The molecule has 0 fully saturated rings. The maximum Gasteiger partial charge on any atom is 0.264 e. The third kappa shape index (κ3) is 4.66. The molecule has 0 aliphatic heterocycles. The lowest BCUT2D eigenvalue weighted by Gasteiger charge is -2.21. The standard InChI is InChI=1S/C23H23ClN2O3S/c1-17-8-4-5-9-19(17)16-25(2)23(27)18-10-6-13-22(14-18)30(28,29)26(3)21-12-7-11-20(24)15-21/h4-15H,16H2,1-3H3. The number of hydrogen-bond donors (Lipinski definition) is 0. The maximum absolute atomic E-state index is 13.1. The van der Waals surface area contributed by atoms with Crippen molar-refractivity contribution >= 4 is 33.2 Å². The van der Waals surface area contributed by atoms with Crippen LogP contribution >= 0.6 is 11.6 Å². The highest BCUT2D eigenvalue weighted by molar-refractivity contribution is 7.92. The van der Waals surface area contributed by atoms with Gasteiger partial charge in [0.05, 0.1) is 10.6 Å². The molecule has 156 valence electrons. The number of carbonyl (C=O) groups excluding carboxylic acids is 1. The Balaban J connectivity index is 1.86. The van der Waals surface area contributed by atoms with E-state index in [-0.39, 0.29) is 10.8 Å². The average molecular weight is 443 g/mol. The number of carbonyl (C=O) groups is 1. The summed E-state index contributed by atoms with van der Waals surface area (Å²) in [7, 11) is -0.692. The van der Waals surface area contributed by atoms with Gasteiger partial charge in [-0.1, -0.05) is 48.0 Å². The minimum atomic E-state index is -3.85. The van der Waals surface area contributed by atoms with Gasteiger partial charge in [-0.3, -0.25) is 9.10 Å². The second kappa shape index (κ2) is 8.90. The molecule has 0 saturated heterocycles. The Hall–Kier alpha value is -2.83. The number of aryl methyl sites for hydroxylation is 1. The molecular formula is C23H23ClN2O3S. The van der Waals surface area contributed by atoms with E-state index in [2.05, 4.69) is 0 Å². The molecule has 0 N–H and O–H groups in total. The third-order valence-corrected chi connectivity index (χ3v) is 6.94. The molecule has 0 bridgehead atoms. The Labute approximate surface area is 182 Å². The first-order valence-electron chi connectivity index (χ1n) is 9.34. The second-order valence-corrected chi connectivity index (χ2v) is 9.47. The number of amides is 1. The highest BCUT2D eigenvalue weighted by Crippen LogP contribution is 2.25. The molecule has 30 heavy (non-hydrogen) atoms. The lowest BCUT2D eigenvalue weighted by atomic mass is 10.1. The van der Waals surface area contributed by atoms with Crippen LogP contribution in [0.15, 0.2) is 77.7 Å². The lowest BCUT2D eigenvalue weighted by molar-refractivity contribution is 0.0784. The van der Waals surface area contributed by atoms with E-state index < -0.39 is 10.0 Å². The van der Waals surface area contributed by atoms with Crippen molar-refractivity contribution in [3.63, 3.8) is 0 Å². The molecule has 0 atom stereocenters. The van der Waals surface area contributed by atoms with Crippen molar-refractivity contribution in [2.75, 3.05) is 18.4 Å². The molecular weight excluding hydrogens is 420 g/mol. The van der Waals surface area contributed by atoms with Gasteiger partial charge in [0, 0.05) is 31.2 Å². The molecule has 0 radical (unpaired) electrons. The molecule has 0 spiro atoms. The van der Waals surface area contributed by atoms with Crippen LogP contribution in [0.3, 0.4) is 0 Å². The maximum atomic E-state index is 13.1. The zero-order valence-electron chi connectivity index (χ0n) is 17.0. The lowest BCUT2D eigenvalue weighted by Crippen LogP contribution is -2.28. The average Bonchev–Trinajstić information content (AvgIpc) is 2.74. The van der Waals surface area contributed by atoms with Crippen molar-refractivity contribution in [2.45, 2.75) is 18.4 Å². The van der Waals surface area contributed by atoms with Crippen molar-refractivity contribution in [3.8, 4) is 0 Å². The van der Waals surface area contributed by atoms with Gasteiger partial charge in [-0.05, 0) is 54.4 Å². The van der Waals surface area contributed by atoms with Crippen molar-refractivity contribution in [3.05, 3.63) is 94.5 Å². The highest BCUT2D eigenvalue weighted by Gasteiger charge is 2.23. The summed E-state index contributed by atoms with van der Waals surface area (Å²) in [5.41, 5.74) is 2.89. The van der Waals surface area contributed by atoms with Crippen LogP contribution in [0.25, 0.3) is 0 Å². The normalized spacial score (nSPS) is 11.2. The molecule has 1 amide bonds. The van der Waals surface area contributed by atoms with Gasteiger partial charge in [0.25, 0.3) is 15.9 Å². The fourth-order valence-electron chi connectivity index (χ4n) is 3.09. The smallest absolute Gasteiger partial charge is 0.264 e. The van der Waals surface area contributed by atoms with Gasteiger partial charge in [0.15, 0.2) is 0 Å². The first-order valence-corrected chi connectivity index (χ1v) is 11.2. The minimum Gasteiger partial charge on any atom is -0.337 e. The van der Waals surface area contributed by atoms with Gasteiger partial charge in [0.2, 0.25) is 0 Å². The van der Waals surface area contributed by atoms with Crippen molar-refractivity contribution < 1.29 is 13.2 Å². The summed E-state index contributed by atoms with van der Waals surface area (Å²) >= 11 is 5.99. The number of hydrogen-bond acceptors (Lipinski definition) is 3. The zero-order valence-corrected chi connectivity index (χ0v) is 18.6. The number of rotatable bonds is 6. The van der Waals surface area contributed by atoms with Crippen LogP contribution in [-0.4, -0.2) is 33.3 Å². The molecule has 0 aliphatic carbocycles. The van der Waals surface area contributed by atoms with Crippen LogP contribution in [0.2, 0.25) is 5.02 Å². The molecule has 0 heterocycles. The number of nitrogens with zero attached hydrogens (tertiary/aromatic N) is 2. The summed E-state index contributed by atoms with van der Waals surface area (Å²) in [6.45, 7) is 2.43. The number of sulfonamides is 1. The second-order valence-electron chi connectivity index (χ2n) is 7.07. The van der Waals surface area contributed by atoms with E-state index in [1.54, 1.807) is 48.3 Å². The summed E-state index contributed by atoms with van der Waals surface area (Å²) in [5, 5.41) is 0.441. The molecule has 0 aromatic heterocycles. The van der Waals surface area contributed by atoms with E-state index in [1.165, 1.54) is 19.2 Å². The van der Waals surface area contributed by atoms with Crippen LogP contribution < -0.4 is 4.31 Å². The first-order chi connectivity index (χ1) is 14.2. The topological polar surface area (TPSA) is 57.7 Å². The zero-order chi connectivity index (χ0) is 21.9. The summed E-state index contributed by atoms with van der Waals surface area (Å²) in [4.78, 5) is 14.5. The molecule has 3 aromatic carbocycles. The Bertz CT molecular complexity index is 1180. The van der Waals surface area contributed by atoms with Crippen LogP contribution in [0.1, 0.15) is 21.5 Å². The monoisotopic (exact) mass is 442 g/mol. The Kier molecular flexibility index (Phi) is 6.48. The number of halogens is 1. The van der Waals surface area contributed by atoms with E-state index in [4.69, 9.17) is 11.6 Å². The van der Waals surface area contributed by atoms with Gasteiger partial charge >= 0.3 is 0 Å². The van der Waals surface area contributed by atoms with Crippen LogP contribution in [0.4, 0.5) is 5.69 Å². The number of benzene rings is 3. The minimum absolute atomic E-state index is 0.0418. The summed E-state index contributed by atoms with van der Waals surface area (Å²) in [5.74, 6) is -0.249.